The molecule has 0 aliphatic heterocycles. The van der Waals surface area contributed by atoms with Gasteiger partial charge in [0.05, 0.1) is 53.6 Å². The summed E-state index contributed by atoms with van der Waals surface area (Å²) in [7, 11) is 0. The molecule has 184 valence electrons. The van der Waals surface area contributed by atoms with Crippen molar-refractivity contribution in [3.63, 3.8) is 0 Å². The molecule has 0 bridgehead atoms. The second-order valence-electron chi connectivity index (χ2n) is 8.09. The zero-order chi connectivity index (χ0) is 26.2. The molecule has 11 heteroatoms. The van der Waals surface area contributed by atoms with Gasteiger partial charge in [-0.3, -0.25) is 13.9 Å². The SMILES string of the molecule is [C-]#[N+]c1ccc(-n2nccc2-c2c(C)n(-c3cccc(C(F)(F)F)c3)c(=O)n([C@@H](C)CO)c2=O)cc1. The third kappa shape index (κ3) is 4.23. The number of aromatic nitrogens is 4. The summed E-state index contributed by atoms with van der Waals surface area (Å²) >= 11 is 0. The van der Waals surface area contributed by atoms with Crippen molar-refractivity contribution < 1.29 is 18.3 Å². The first-order chi connectivity index (χ1) is 17.1. The molecule has 1 atom stereocenters. The van der Waals surface area contributed by atoms with Gasteiger partial charge in [0.1, 0.15) is 0 Å². The summed E-state index contributed by atoms with van der Waals surface area (Å²) in [5.41, 5.74) is -1.29. The molecule has 36 heavy (non-hydrogen) atoms. The molecule has 2 aromatic carbocycles. The van der Waals surface area contributed by atoms with Gasteiger partial charge in [0.15, 0.2) is 5.69 Å². The minimum Gasteiger partial charge on any atom is -0.394 e. The van der Waals surface area contributed by atoms with Gasteiger partial charge in [-0.25, -0.2) is 14.3 Å². The summed E-state index contributed by atoms with van der Waals surface area (Å²) in [6.07, 6.45) is -3.20. The number of hydrogen-bond acceptors (Lipinski definition) is 4. The smallest absolute Gasteiger partial charge is 0.394 e. The van der Waals surface area contributed by atoms with Gasteiger partial charge >= 0.3 is 11.9 Å². The highest BCUT2D eigenvalue weighted by Gasteiger charge is 2.31. The van der Waals surface area contributed by atoms with Crippen LogP contribution in [0.25, 0.3) is 27.5 Å². The number of nitrogens with zero attached hydrogens (tertiary/aromatic N) is 5. The standard InChI is InChI=1S/C25H20F3N5O3/c1-15(14-34)31-23(35)22(21-11-12-30-33(21)19-9-7-18(29-3)8-10-19)16(2)32(24(31)36)20-6-4-5-17(13-20)25(26,27)28/h4-13,15,34H,14H2,1-2H3/t15-/m0/s1. The molecule has 0 unspecified atom stereocenters. The minimum absolute atomic E-state index is 0.0269. The normalized spacial score (nSPS) is 12.4. The van der Waals surface area contributed by atoms with Crippen molar-refractivity contribution in [3.05, 3.63) is 104 Å². The second kappa shape index (κ2) is 9.31. The van der Waals surface area contributed by atoms with Crippen molar-refractivity contribution in [2.24, 2.45) is 0 Å². The van der Waals surface area contributed by atoms with Crippen LogP contribution in [0.4, 0.5) is 18.9 Å². The molecule has 2 aromatic heterocycles. The van der Waals surface area contributed by atoms with Gasteiger partial charge in [0, 0.05) is 5.69 Å². The Kier molecular flexibility index (Phi) is 6.39. The van der Waals surface area contributed by atoms with E-state index in [1.807, 2.05) is 0 Å². The van der Waals surface area contributed by atoms with E-state index in [2.05, 4.69) is 9.94 Å². The number of hydrogen-bond donors (Lipinski definition) is 1. The molecular formula is C25H20F3N5O3. The van der Waals surface area contributed by atoms with E-state index in [0.717, 1.165) is 21.3 Å². The topological polar surface area (TPSA) is 86.4 Å². The van der Waals surface area contributed by atoms with Crippen LogP contribution in [0.1, 0.15) is 24.2 Å². The summed E-state index contributed by atoms with van der Waals surface area (Å²) < 4.78 is 43.5. The van der Waals surface area contributed by atoms with Crippen LogP contribution in [0.15, 0.2) is 70.4 Å². The van der Waals surface area contributed by atoms with Gasteiger partial charge in [-0.1, -0.05) is 18.2 Å². The Balaban J connectivity index is 2.05. The van der Waals surface area contributed by atoms with Crippen LogP contribution in [0, 0.1) is 13.5 Å². The highest BCUT2D eigenvalue weighted by Crippen LogP contribution is 2.31. The first-order valence-electron chi connectivity index (χ1n) is 10.8. The Hall–Kier alpha value is -4.43. The van der Waals surface area contributed by atoms with Crippen molar-refractivity contribution in [1.82, 2.24) is 18.9 Å². The van der Waals surface area contributed by atoms with Crippen molar-refractivity contribution >= 4 is 5.69 Å². The molecule has 0 amide bonds. The largest absolute Gasteiger partial charge is 0.416 e. The maximum atomic E-state index is 13.6. The summed E-state index contributed by atoms with van der Waals surface area (Å²) in [6, 6.07) is 11.3. The van der Waals surface area contributed by atoms with Gasteiger partial charge in [0.25, 0.3) is 5.56 Å². The first-order valence-corrected chi connectivity index (χ1v) is 10.8. The monoisotopic (exact) mass is 495 g/mol. The fourth-order valence-corrected chi connectivity index (χ4v) is 3.98. The van der Waals surface area contributed by atoms with Crippen LogP contribution >= 0.6 is 0 Å². The van der Waals surface area contributed by atoms with Crippen molar-refractivity contribution in [2.45, 2.75) is 26.1 Å². The Bertz CT molecular complexity index is 1590. The van der Waals surface area contributed by atoms with Gasteiger partial charge in [0.2, 0.25) is 0 Å². The zero-order valence-electron chi connectivity index (χ0n) is 19.2. The number of aliphatic hydroxyl groups is 1. The molecule has 0 fully saturated rings. The quantitative estimate of drug-likeness (QED) is 0.419. The van der Waals surface area contributed by atoms with Crippen molar-refractivity contribution in [3.8, 4) is 22.6 Å². The summed E-state index contributed by atoms with van der Waals surface area (Å²) in [4.78, 5) is 30.3. The van der Waals surface area contributed by atoms with E-state index in [0.29, 0.717) is 11.4 Å². The van der Waals surface area contributed by atoms with E-state index in [9.17, 15) is 27.9 Å². The molecule has 0 saturated heterocycles. The lowest BCUT2D eigenvalue weighted by molar-refractivity contribution is -0.137. The van der Waals surface area contributed by atoms with E-state index in [1.165, 1.54) is 36.9 Å². The molecule has 4 rings (SSSR count). The van der Waals surface area contributed by atoms with E-state index in [4.69, 9.17) is 6.57 Å². The number of halogens is 3. The fourth-order valence-electron chi connectivity index (χ4n) is 3.98. The lowest BCUT2D eigenvalue weighted by Gasteiger charge is -2.21. The van der Waals surface area contributed by atoms with Crippen LogP contribution < -0.4 is 11.2 Å². The molecule has 4 aromatic rings. The Labute approximate surface area is 202 Å². The van der Waals surface area contributed by atoms with Gasteiger partial charge in [-0.05, 0) is 50.2 Å². The Morgan fingerprint density at radius 2 is 1.78 bits per heavy atom. The molecule has 0 radical (unpaired) electrons. The van der Waals surface area contributed by atoms with Crippen LogP contribution in [0.5, 0.6) is 0 Å². The average molecular weight is 495 g/mol. The van der Waals surface area contributed by atoms with Crippen molar-refractivity contribution in [2.75, 3.05) is 6.61 Å². The highest BCUT2D eigenvalue weighted by molar-refractivity contribution is 5.65. The summed E-state index contributed by atoms with van der Waals surface area (Å²) in [5.74, 6) is 0. The molecule has 0 aliphatic carbocycles. The lowest BCUT2D eigenvalue weighted by Crippen LogP contribution is -2.44. The predicted molar refractivity (Wildman–Crippen MR) is 127 cm³/mol. The fraction of sp³-hybridized carbons (Fsp3) is 0.200. The first kappa shape index (κ1) is 24.7. The number of benzene rings is 2. The Morgan fingerprint density at radius 3 is 2.39 bits per heavy atom. The Morgan fingerprint density at radius 1 is 1.08 bits per heavy atom. The second-order valence-corrected chi connectivity index (χ2v) is 8.09. The van der Waals surface area contributed by atoms with Crippen LogP contribution in [-0.2, 0) is 6.18 Å². The van der Waals surface area contributed by atoms with E-state index in [-0.39, 0.29) is 22.6 Å². The molecular weight excluding hydrogens is 475 g/mol. The molecule has 0 saturated carbocycles. The van der Waals surface area contributed by atoms with E-state index < -0.39 is 35.6 Å². The third-order valence-corrected chi connectivity index (χ3v) is 5.79. The van der Waals surface area contributed by atoms with Crippen LogP contribution in [0.3, 0.4) is 0 Å². The van der Waals surface area contributed by atoms with Crippen molar-refractivity contribution in [1.29, 1.82) is 0 Å². The molecule has 8 nitrogen and oxygen atoms in total. The lowest BCUT2D eigenvalue weighted by atomic mass is 10.1. The molecule has 2 heterocycles. The minimum atomic E-state index is -4.64. The zero-order valence-corrected chi connectivity index (χ0v) is 19.2. The van der Waals surface area contributed by atoms with E-state index >= 15 is 0 Å². The van der Waals surface area contributed by atoms with Gasteiger partial charge in [-0.2, -0.15) is 18.3 Å². The predicted octanol–water partition coefficient (Wildman–Crippen LogP) is 4.28. The maximum absolute atomic E-state index is 13.6. The molecule has 0 spiro atoms. The highest BCUT2D eigenvalue weighted by atomic mass is 19.4. The maximum Gasteiger partial charge on any atom is 0.416 e. The van der Waals surface area contributed by atoms with Crippen LogP contribution in [0.2, 0.25) is 0 Å². The van der Waals surface area contributed by atoms with Gasteiger partial charge < -0.3 is 5.11 Å². The molecule has 1 N–H and O–H groups in total. The van der Waals surface area contributed by atoms with Gasteiger partial charge in [-0.15, -0.1) is 0 Å². The average Bonchev–Trinajstić information content (AvgIpc) is 3.33. The molecule has 0 aliphatic rings. The number of aliphatic hydroxyl groups excluding tert-OH is 1. The summed E-state index contributed by atoms with van der Waals surface area (Å²) in [5, 5.41) is 14.0. The number of alkyl halides is 3. The number of rotatable bonds is 5. The van der Waals surface area contributed by atoms with E-state index in [1.54, 1.807) is 30.3 Å². The summed E-state index contributed by atoms with van der Waals surface area (Å²) in [6.45, 7) is 9.50. The third-order valence-electron chi connectivity index (χ3n) is 5.79. The van der Waals surface area contributed by atoms with Crippen LogP contribution in [-0.4, -0.2) is 30.6 Å².